The highest BCUT2D eigenvalue weighted by molar-refractivity contribution is 14.1. The van der Waals surface area contributed by atoms with Crippen LogP contribution in [0.5, 0.6) is 11.5 Å². The first-order valence-electron chi connectivity index (χ1n) is 7.00. The minimum Gasteiger partial charge on any atom is -0.496 e. The maximum absolute atomic E-state index is 5.46. The zero-order valence-electron chi connectivity index (χ0n) is 12.7. The van der Waals surface area contributed by atoms with Crippen LogP contribution < -0.4 is 14.8 Å². The van der Waals surface area contributed by atoms with E-state index in [0.29, 0.717) is 0 Å². The average molecular weight is 476 g/mol. The number of hydrogen-bond donors (Lipinski definition) is 1. The molecule has 0 heterocycles. The van der Waals surface area contributed by atoms with E-state index in [1.54, 1.807) is 14.2 Å². The van der Waals surface area contributed by atoms with Crippen LogP contribution in [0.15, 0.2) is 40.9 Å². The van der Waals surface area contributed by atoms with Crippen LogP contribution in [-0.2, 0) is 13.0 Å². The van der Waals surface area contributed by atoms with Crippen LogP contribution in [0, 0.1) is 3.57 Å². The molecule has 0 aliphatic heterocycles. The van der Waals surface area contributed by atoms with E-state index >= 15 is 0 Å². The van der Waals surface area contributed by atoms with Crippen molar-refractivity contribution in [1.82, 2.24) is 5.32 Å². The molecule has 22 heavy (non-hydrogen) atoms. The van der Waals surface area contributed by atoms with E-state index < -0.39 is 0 Å². The van der Waals surface area contributed by atoms with Crippen LogP contribution in [0.1, 0.15) is 11.1 Å². The largest absolute Gasteiger partial charge is 0.496 e. The van der Waals surface area contributed by atoms with Crippen molar-refractivity contribution in [2.75, 3.05) is 20.8 Å². The molecular formula is C17H19BrINO2. The molecule has 0 amide bonds. The zero-order valence-corrected chi connectivity index (χ0v) is 16.4. The van der Waals surface area contributed by atoms with Gasteiger partial charge in [0.25, 0.3) is 0 Å². The standard InChI is InChI=1S/C17H19BrINO2/c1-21-16-10-15(19)17(22-2)9-12(16)7-8-20-11-13-5-3-4-6-14(13)18/h3-6,9-10,20H,7-8,11H2,1-2H3. The van der Waals surface area contributed by atoms with Crippen LogP contribution >= 0.6 is 38.5 Å². The van der Waals surface area contributed by atoms with E-state index in [-0.39, 0.29) is 0 Å². The molecule has 5 heteroatoms. The van der Waals surface area contributed by atoms with E-state index in [1.807, 2.05) is 12.1 Å². The number of nitrogens with one attached hydrogen (secondary N) is 1. The first-order valence-corrected chi connectivity index (χ1v) is 8.87. The van der Waals surface area contributed by atoms with Crippen molar-refractivity contribution in [1.29, 1.82) is 0 Å². The highest BCUT2D eigenvalue weighted by atomic mass is 127. The molecule has 0 aliphatic carbocycles. The minimum atomic E-state index is 0.839. The molecule has 0 spiro atoms. The second kappa shape index (κ2) is 8.74. The summed E-state index contributed by atoms with van der Waals surface area (Å²) in [5.41, 5.74) is 2.41. The van der Waals surface area contributed by atoms with Gasteiger partial charge in [0.05, 0.1) is 17.8 Å². The molecule has 0 saturated carbocycles. The monoisotopic (exact) mass is 475 g/mol. The summed E-state index contributed by atoms with van der Waals surface area (Å²) in [5.74, 6) is 1.80. The first-order chi connectivity index (χ1) is 10.7. The summed E-state index contributed by atoms with van der Waals surface area (Å²) in [5, 5.41) is 3.47. The Kier molecular flexibility index (Phi) is 6.98. The topological polar surface area (TPSA) is 30.5 Å². The Morgan fingerprint density at radius 3 is 2.45 bits per heavy atom. The van der Waals surface area contributed by atoms with Gasteiger partial charge in [-0.2, -0.15) is 0 Å². The third kappa shape index (κ3) is 4.60. The van der Waals surface area contributed by atoms with Gasteiger partial charge in [0.15, 0.2) is 0 Å². The van der Waals surface area contributed by atoms with E-state index in [0.717, 1.165) is 44.6 Å². The Balaban J connectivity index is 1.95. The van der Waals surface area contributed by atoms with E-state index in [2.05, 4.69) is 68.1 Å². The van der Waals surface area contributed by atoms with Gasteiger partial charge in [-0.15, -0.1) is 0 Å². The molecule has 0 atom stereocenters. The van der Waals surface area contributed by atoms with E-state index in [4.69, 9.17) is 9.47 Å². The molecule has 2 aromatic carbocycles. The van der Waals surface area contributed by atoms with E-state index in [9.17, 15) is 0 Å². The first kappa shape index (κ1) is 17.6. The summed E-state index contributed by atoms with van der Waals surface area (Å²) >= 11 is 5.82. The Morgan fingerprint density at radius 1 is 1.05 bits per heavy atom. The van der Waals surface area contributed by atoms with Crippen LogP contribution in [0.3, 0.4) is 0 Å². The predicted octanol–water partition coefficient (Wildman–Crippen LogP) is 4.40. The molecular weight excluding hydrogens is 457 g/mol. The third-order valence-electron chi connectivity index (χ3n) is 3.40. The Bertz CT molecular complexity index is 634. The lowest BCUT2D eigenvalue weighted by atomic mass is 10.1. The molecule has 0 fully saturated rings. The SMILES string of the molecule is COc1cc(CCNCc2ccccc2Br)c(OC)cc1I. The van der Waals surface area contributed by atoms with Gasteiger partial charge in [0.2, 0.25) is 0 Å². The fourth-order valence-corrected chi connectivity index (χ4v) is 3.29. The molecule has 0 aliphatic rings. The number of hydrogen-bond acceptors (Lipinski definition) is 3. The van der Waals surface area contributed by atoms with Gasteiger partial charge in [-0.3, -0.25) is 0 Å². The molecule has 2 aromatic rings. The Hall–Kier alpha value is -0.790. The number of methoxy groups -OCH3 is 2. The molecule has 0 aromatic heterocycles. The minimum absolute atomic E-state index is 0.839. The predicted molar refractivity (Wildman–Crippen MR) is 102 cm³/mol. The van der Waals surface area contributed by atoms with Gasteiger partial charge >= 0.3 is 0 Å². The smallest absolute Gasteiger partial charge is 0.132 e. The maximum Gasteiger partial charge on any atom is 0.132 e. The van der Waals surface area contributed by atoms with Crippen molar-refractivity contribution in [2.24, 2.45) is 0 Å². The van der Waals surface area contributed by atoms with Crippen molar-refractivity contribution in [3.63, 3.8) is 0 Å². The van der Waals surface area contributed by atoms with Crippen LogP contribution in [0.4, 0.5) is 0 Å². The number of halogens is 2. The summed E-state index contributed by atoms with van der Waals surface area (Å²) in [6.45, 7) is 1.71. The quantitative estimate of drug-likeness (QED) is 0.475. The second-order valence-corrected chi connectivity index (χ2v) is 6.83. The normalized spacial score (nSPS) is 10.5. The molecule has 3 nitrogen and oxygen atoms in total. The van der Waals surface area contributed by atoms with Crippen molar-refractivity contribution >= 4 is 38.5 Å². The zero-order chi connectivity index (χ0) is 15.9. The number of ether oxygens (including phenoxy) is 2. The average Bonchev–Trinajstić information content (AvgIpc) is 2.53. The third-order valence-corrected chi connectivity index (χ3v) is 5.02. The van der Waals surface area contributed by atoms with Gasteiger partial charge in [0.1, 0.15) is 11.5 Å². The van der Waals surface area contributed by atoms with Crippen LogP contribution in [0.25, 0.3) is 0 Å². The van der Waals surface area contributed by atoms with Gasteiger partial charge in [-0.25, -0.2) is 0 Å². The van der Waals surface area contributed by atoms with Crippen molar-refractivity contribution < 1.29 is 9.47 Å². The van der Waals surface area contributed by atoms with Gasteiger partial charge in [-0.05, 0) is 64.9 Å². The Morgan fingerprint density at radius 2 is 1.77 bits per heavy atom. The van der Waals surface area contributed by atoms with Crippen molar-refractivity contribution in [3.05, 3.63) is 55.6 Å². The maximum atomic E-state index is 5.46. The summed E-state index contributed by atoms with van der Waals surface area (Å²) in [7, 11) is 3.40. The van der Waals surface area contributed by atoms with Crippen molar-refractivity contribution in [2.45, 2.75) is 13.0 Å². The van der Waals surface area contributed by atoms with E-state index in [1.165, 1.54) is 5.56 Å². The summed E-state index contributed by atoms with van der Waals surface area (Å²) < 4.78 is 13.0. The van der Waals surface area contributed by atoms with Gasteiger partial charge < -0.3 is 14.8 Å². The number of benzene rings is 2. The summed E-state index contributed by atoms with van der Waals surface area (Å²) in [4.78, 5) is 0. The Labute approximate surface area is 153 Å². The molecule has 0 unspecified atom stereocenters. The molecule has 0 bridgehead atoms. The lowest BCUT2D eigenvalue weighted by Crippen LogP contribution is -2.17. The van der Waals surface area contributed by atoms with Gasteiger partial charge in [-0.1, -0.05) is 34.1 Å². The number of rotatable bonds is 7. The lowest BCUT2D eigenvalue weighted by Gasteiger charge is -2.13. The molecule has 2 rings (SSSR count). The van der Waals surface area contributed by atoms with Crippen LogP contribution in [-0.4, -0.2) is 20.8 Å². The molecule has 0 radical (unpaired) electrons. The summed E-state index contributed by atoms with van der Waals surface area (Å²) in [6.07, 6.45) is 0.890. The fourth-order valence-electron chi connectivity index (χ4n) is 2.21. The highest BCUT2D eigenvalue weighted by Crippen LogP contribution is 2.30. The molecule has 118 valence electrons. The van der Waals surface area contributed by atoms with Crippen LogP contribution in [0.2, 0.25) is 0 Å². The highest BCUT2D eigenvalue weighted by Gasteiger charge is 2.09. The molecule has 1 N–H and O–H groups in total. The molecule has 0 saturated heterocycles. The summed E-state index contributed by atoms with van der Waals surface area (Å²) in [6, 6.07) is 12.3. The van der Waals surface area contributed by atoms with Crippen molar-refractivity contribution in [3.8, 4) is 11.5 Å². The second-order valence-electron chi connectivity index (χ2n) is 4.82. The van der Waals surface area contributed by atoms with Gasteiger partial charge in [0, 0.05) is 11.0 Å². The lowest BCUT2D eigenvalue weighted by molar-refractivity contribution is 0.396. The fraction of sp³-hybridized carbons (Fsp3) is 0.294.